The van der Waals surface area contributed by atoms with E-state index < -0.39 is 0 Å². The Bertz CT molecular complexity index is 363. The molecule has 1 fully saturated rings. The fourth-order valence-electron chi connectivity index (χ4n) is 3.23. The van der Waals surface area contributed by atoms with Crippen LogP contribution in [-0.2, 0) is 20.0 Å². The summed E-state index contributed by atoms with van der Waals surface area (Å²) in [6, 6.07) is 0. The van der Waals surface area contributed by atoms with E-state index in [4.69, 9.17) is 0 Å². The van der Waals surface area contributed by atoms with Crippen LogP contribution in [0.5, 0.6) is 0 Å². The van der Waals surface area contributed by atoms with E-state index in [2.05, 4.69) is 21.5 Å². The predicted molar refractivity (Wildman–Crippen MR) is 64.1 cm³/mol. The number of hydrogen-bond donors (Lipinski definition) is 0. The number of nitrogens with zero attached hydrogens (tertiary/aromatic N) is 3. The van der Waals surface area contributed by atoms with Crippen LogP contribution in [0, 0.1) is 5.92 Å². The molecule has 1 aromatic rings. The molecule has 0 spiro atoms. The lowest BCUT2D eigenvalue weighted by molar-refractivity contribution is 0.210. The highest BCUT2D eigenvalue weighted by Gasteiger charge is 2.23. The lowest BCUT2D eigenvalue weighted by atomic mass is 10.1. The molecule has 0 unspecified atom stereocenters. The maximum absolute atomic E-state index is 4.50. The third-order valence-corrected chi connectivity index (χ3v) is 4.17. The van der Waals surface area contributed by atoms with E-state index in [1.165, 1.54) is 56.6 Å². The van der Waals surface area contributed by atoms with Crippen LogP contribution in [0.3, 0.4) is 0 Å². The van der Waals surface area contributed by atoms with Gasteiger partial charge in [0.15, 0.2) is 0 Å². The van der Waals surface area contributed by atoms with Crippen LogP contribution in [0.25, 0.3) is 0 Å². The highest BCUT2D eigenvalue weighted by atomic mass is 15.2. The first kappa shape index (κ1) is 10.3. The molecule has 1 aromatic heterocycles. The van der Waals surface area contributed by atoms with Gasteiger partial charge in [-0.05, 0) is 18.8 Å². The van der Waals surface area contributed by atoms with Crippen LogP contribution in [0.2, 0.25) is 0 Å². The van der Waals surface area contributed by atoms with Crippen LogP contribution in [0.1, 0.15) is 37.1 Å². The highest BCUT2D eigenvalue weighted by molar-refractivity contribution is 5.16. The molecule has 16 heavy (non-hydrogen) atoms. The van der Waals surface area contributed by atoms with Gasteiger partial charge in [-0.25, -0.2) is 4.98 Å². The molecule has 0 bridgehead atoms. The van der Waals surface area contributed by atoms with Crippen molar-refractivity contribution in [3.05, 3.63) is 17.7 Å². The second kappa shape index (κ2) is 4.21. The van der Waals surface area contributed by atoms with Crippen molar-refractivity contribution < 1.29 is 0 Å². The third kappa shape index (κ3) is 1.88. The van der Waals surface area contributed by atoms with E-state index in [9.17, 15) is 0 Å². The van der Waals surface area contributed by atoms with E-state index in [-0.39, 0.29) is 0 Å². The van der Waals surface area contributed by atoms with E-state index in [0.717, 1.165) is 12.5 Å². The third-order valence-electron chi connectivity index (χ3n) is 4.17. The van der Waals surface area contributed by atoms with Gasteiger partial charge >= 0.3 is 0 Å². The SMILES string of the molecule is Cn1cnc2c1CCN(CC1CCCC1)C2. The van der Waals surface area contributed by atoms with E-state index in [1.54, 1.807) is 0 Å². The van der Waals surface area contributed by atoms with Gasteiger partial charge in [-0.1, -0.05) is 12.8 Å². The van der Waals surface area contributed by atoms with Crippen LogP contribution in [-0.4, -0.2) is 27.5 Å². The molecular weight excluding hydrogens is 198 g/mol. The Morgan fingerprint density at radius 2 is 2.19 bits per heavy atom. The van der Waals surface area contributed by atoms with Crippen molar-refractivity contribution in [3.63, 3.8) is 0 Å². The van der Waals surface area contributed by atoms with Crippen molar-refractivity contribution in [3.8, 4) is 0 Å². The first-order valence-electron chi connectivity index (χ1n) is 6.54. The largest absolute Gasteiger partial charge is 0.337 e. The first-order valence-corrected chi connectivity index (χ1v) is 6.54. The number of fused-ring (bicyclic) bond motifs is 1. The molecule has 1 saturated carbocycles. The first-order chi connectivity index (χ1) is 7.83. The molecule has 88 valence electrons. The lowest BCUT2D eigenvalue weighted by Gasteiger charge is -2.28. The van der Waals surface area contributed by atoms with Gasteiger partial charge in [0.1, 0.15) is 0 Å². The van der Waals surface area contributed by atoms with Crippen LogP contribution >= 0.6 is 0 Å². The minimum absolute atomic E-state index is 0.963. The number of aryl methyl sites for hydroxylation is 1. The monoisotopic (exact) mass is 219 g/mol. The Labute approximate surface area is 97.5 Å². The van der Waals surface area contributed by atoms with E-state index in [0.29, 0.717) is 0 Å². The van der Waals surface area contributed by atoms with Crippen LogP contribution in [0.4, 0.5) is 0 Å². The summed E-state index contributed by atoms with van der Waals surface area (Å²) in [4.78, 5) is 7.10. The smallest absolute Gasteiger partial charge is 0.0949 e. The van der Waals surface area contributed by atoms with Crippen molar-refractivity contribution >= 4 is 0 Å². The Morgan fingerprint density at radius 1 is 1.38 bits per heavy atom. The van der Waals surface area contributed by atoms with Crippen molar-refractivity contribution in [2.24, 2.45) is 13.0 Å². The van der Waals surface area contributed by atoms with Crippen LogP contribution < -0.4 is 0 Å². The molecule has 0 aromatic carbocycles. The Morgan fingerprint density at radius 3 is 3.00 bits per heavy atom. The van der Waals surface area contributed by atoms with Gasteiger partial charge in [0, 0.05) is 38.8 Å². The maximum Gasteiger partial charge on any atom is 0.0949 e. The average Bonchev–Trinajstić information content (AvgIpc) is 2.90. The van der Waals surface area contributed by atoms with Crippen molar-refractivity contribution in [1.29, 1.82) is 0 Å². The lowest BCUT2D eigenvalue weighted by Crippen LogP contribution is -2.34. The van der Waals surface area contributed by atoms with Gasteiger partial charge in [0.2, 0.25) is 0 Å². The predicted octanol–water partition coefficient (Wildman–Crippen LogP) is 1.97. The molecule has 2 heterocycles. The summed E-state index contributed by atoms with van der Waals surface area (Å²) in [5.74, 6) is 0.963. The quantitative estimate of drug-likeness (QED) is 0.758. The molecule has 0 atom stereocenters. The zero-order chi connectivity index (χ0) is 11.0. The van der Waals surface area contributed by atoms with Gasteiger partial charge in [-0.15, -0.1) is 0 Å². The maximum atomic E-state index is 4.50. The molecule has 3 heteroatoms. The molecule has 1 aliphatic carbocycles. The van der Waals surface area contributed by atoms with Crippen LogP contribution in [0.15, 0.2) is 6.33 Å². The molecule has 3 nitrogen and oxygen atoms in total. The fourth-order valence-corrected chi connectivity index (χ4v) is 3.23. The zero-order valence-corrected chi connectivity index (χ0v) is 10.2. The summed E-state index contributed by atoms with van der Waals surface area (Å²) in [5.41, 5.74) is 2.76. The number of aromatic nitrogens is 2. The normalized spacial score (nSPS) is 22.6. The van der Waals surface area contributed by atoms with Gasteiger partial charge in [-0.2, -0.15) is 0 Å². The summed E-state index contributed by atoms with van der Waals surface area (Å²) in [6.45, 7) is 3.60. The summed E-state index contributed by atoms with van der Waals surface area (Å²) in [6.07, 6.45) is 8.94. The Hall–Kier alpha value is -0.830. The van der Waals surface area contributed by atoms with Gasteiger partial charge in [0.25, 0.3) is 0 Å². The van der Waals surface area contributed by atoms with Gasteiger partial charge < -0.3 is 4.57 Å². The number of rotatable bonds is 2. The number of imidazole rings is 1. The summed E-state index contributed by atoms with van der Waals surface area (Å²) in [7, 11) is 2.11. The summed E-state index contributed by atoms with van der Waals surface area (Å²) >= 11 is 0. The van der Waals surface area contributed by atoms with E-state index >= 15 is 0 Å². The molecule has 0 amide bonds. The van der Waals surface area contributed by atoms with Gasteiger partial charge in [0.05, 0.1) is 12.0 Å². The molecule has 1 aliphatic heterocycles. The second-order valence-electron chi connectivity index (χ2n) is 5.38. The molecule has 0 radical (unpaired) electrons. The molecule has 0 saturated heterocycles. The molecule has 0 N–H and O–H groups in total. The van der Waals surface area contributed by atoms with E-state index in [1.807, 2.05) is 6.33 Å². The zero-order valence-electron chi connectivity index (χ0n) is 10.2. The van der Waals surface area contributed by atoms with Crippen molar-refractivity contribution in [1.82, 2.24) is 14.5 Å². The van der Waals surface area contributed by atoms with Gasteiger partial charge in [-0.3, -0.25) is 4.90 Å². The Balaban J connectivity index is 1.64. The summed E-state index contributed by atoms with van der Waals surface area (Å²) in [5, 5.41) is 0. The second-order valence-corrected chi connectivity index (χ2v) is 5.38. The standard InChI is InChI=1S/C13H21N3/c1-15-10-14-12-9-16(7-6-13(12)15)8-11-4-2-3-5-11/h10-11H,2-9H2,1H3. The minimum Gasteiger partial charge on any atom is -0.337 e. The topological polar surface area (TPSA) is 21.1 Å². The molecule has 2 aliphatic rings. The molecule has 3 rings (SSSR count). The molecular formula is C13H21N3. The summed E-state index contributed by atoms with van der Waals surface area (Å²) < 4.78 is 2.18. The fraction of sp³-hybridized carbons (Fsp3) is 0.769. The highest BCUT2D eigenvalue weighted by Crippen LogP contribution is 2.27. The average molecular weight is 219 g/mol. The number of hydrogen-bond acceptors (Lipinski definition) is 2. The minimum atomic E-state index is 0.963. The Kier molecular flexibility index (Phi) is 2.72. The van der Waals surface area contributed by atoms with Crippen molar-refractivity contribution in [2.75, 3.05) is 13.1 Å². The van der Waals surface area contributed by atoms with Crippen molar-refractivity contribution in [2.45, 2.75) is 38.6 Å².